The minimum atomic E-state index is -0.488. The Balaban J connectivity index is 1.85. The fraction of sp³-hybridized carbons (Fsp3) is 0.688. The molecule has 0 bridgehead atoms. The average molecular weight is 356 g/mol. The summed E-state index contributed by atoms with van der Waals surface area (Å²) >= 11 is 1.30. The Kier molecular flexibility index (Phi) is 7.14. The van der Waals surface area contributed by atoms with Gasteiger partial charge in [0.25, 0.3) is 0 Å². The quantitative estimate of drug-likeness (QED) is 0.756. The molecule has 1 N–H and O–H groups in total. The van der Waals surface area contributed by atoms with Crippen molar-refractivity contribution in [3.63, 3.8) is 0 Å². The van der Waals surface area contributed by atoms with E-state index in [1.165, 1.54) is 18.4 Å². The number of hydrogen-bond acceptors (Lipinski definition) is 7. The molecule has 134 valence electrons. The van der Waals surface area contributed by atoms with E-state index in [-0.39, 0.29) is 30.0 Å². The Hall–Kier alpha value is -1.51. The molecule has 8 heteroatoms. The number of methoxy groups -OCH3 is 1. The molecule has 1 aromatic rings. The van der Waals surface area contributed by atoms with Gasteiger partial charge in [-0.3, -0.25) is 4.79 Å². The highest BCUT2D eigenvalue weighted by Crippen LogP contribution is 2.30. The number of amides is 1. The number of thiazole rings is 1. The van der Waals surface area contributed by atoms with E-state index in [1.807, 2.05) is 13.8 Å². The van der Waals surface area contributed by atoms with Crippen LogP contribution in [-0.4, -0.2) is 49.9 Å². The van der Waals surface area contributed by atoms with Crippen LogP contribution in [0, 0.1) is 0 Å². The van der Waals surface area contributed by atoms with Gasteiger partial charge in [-0.2, -0.15) is 0 Å². The number of ether oxygens (including phenoxy) is 3. The molecule has 0 saturated carbocycles. The molecule has 1 aliphatic heterocycles. The van der Waals surface area contributed by atoms with Gasteiger partial charge < -0.3 is 19.5 Å². The Morgan fingerprint density at radius 3 is 2.71 bits per heavy atom. The number of hydrogen-bond donors (Lipinski definition) is 1. The lowest BCUT2D eigenvalue weighted by Crippen LogP contribution is -2.25. The van der Waals surface area contributed by atoms with Crippen molar-refractivity contribution in [2.24, 2.45) is 0 Å². The second-order valence-corrected chi connectivity index (χ2v) is 6.89. The fourth-order valence-corrected chi connectivity index (χ4v) is 3.33. The molecule has 0 atom stereocenters. The van der Waals surface area contributed by atoms with E-state index < -0.39 is 5.97 Å². The zero-order chi connectivity index (χ0) is 17.5. The molecule has 2 rings (SSSR count). The van der Waals surface area contributed by atoms with E-state index in [1.54, 1.807) is 0 Å². The number of carbonyl (C=O) groups excluding carboxylic acids is 2. The molecule has 0 radical (unpaired) electrons. The summed E-state index contributed by atoms with van der Waals surface area (Å²) in [5.41, 5.74) is 0.270. The number of anilines is 1. The summed E-state index contributed by atoms with van der Waals surface area (Å²) in [4.78, 5) is 28.8. The summed E-state index contributed by atoms with van der Waals surface area (Å²) in [6, 6.07) is 0. The first kappa shape index (κ1) is 18.8. The van der Waals surface area contributed by atoms with Crippen LogP contribution in [0.4, 0.5) is 5.13 Å². The van der Waals surface area contributed by atoms with Gasteiger partial charge in [0.2, 0.25) is 5.91 Å². The molecule has 1 amide bonds. The van der Waals surface area contributed by atoms with Crippen LogP contribution in [-0.2, 0) is 19.0 Å². The van der Waals surface area contributed by atoms with E-state index >= 15 is 0 Å². The lowest BCUT2D eigenvalue weighted by Gasteiger charge is -2.22. The van der Waals surface area contributed by atoms with Crippen molar-refractivity contribution in [2.45, 2.75) is 45.1 Å². The molecule has 1 saturated heterocycles. The van der Waals surface area contributed by atoms with Crippen LogP contribution in [0.3, 0.4) is 0 Å². The molecule has 0 unspecified atom stereocenters. The molecule has 2 heterocycles. The highest BCUT2D eigenvalue weighted by atomic mass is 32.1. The van der Waals surface area contributed by atoms with Crippen molar-refractivity contribution in [3.05, 3.63) is 10.6 Å². The number of carbonyl (C=O) groups is 2. The number of rotatable bonds is 7. The third-order valence-electron chi connectivity index (χ3n) is 3.65. The maximum atomic E-state index is 12.0. The number of nitrogens with zero attached hydrogens (tertiary/aromatic N) is 1. The lowest BCUT2D eigenvalue weighted by atomic mass is 10.1. The first-order valence-electron chi connectivity index (χ1n) is 8.09. The summed E-state index contributed by atoms with van der Waals surface area (Å²) in [5, 5.41) is 3.14. The Morgan fingerprint density at radius 2 is 2.08 bits per heavy atom. The van der Waals surface area contributed by atoms with Crippen molar-refractivity contribution in [3.8, 4) is 0 Å². The van der Waals surface area contributed by atoms with Crippen LogP contribution in [0.25, 0.3) is 0 Å². The highest BCUT2D eigenvalue weighted by molar-refractivity contribution is 7.16. The zero-order valence-corrected chi connectivity index (χ0v) is 15.1. The molecule has 1 fully saturated rings. The molecular formula is C16H24N2O5S. The van der Waals surface area contributed by atoms with Gasteiger partial charge in [-0.05, 0) is 18.8 Å². The predicted molar refractivity (Wildman–Crippen MR) is 90.6 cm³/mol. The maximum Gasteiger partial charge on any atom is 0.357 e. The summed E-state index contributed by atoms with van der Waals surface area (Å²) < 4.78 is 15.7. The van der Waals surface area contributed by atoms with Crippen LogP contribution in [0.1, 0.15) is 54.4 Å². The van der Waals surface area contributed by atoms with Gasteiger partial charge in [-0.1, -0.05) is 13.8 Å². The predicted octanol–water partition coefficient (Wildman–Crippen LogP) is 2.58. The molecule has 1 aliphatic rings. The molecule has 24 heavy (non-hydrogen) atoms. The van der Waals surface area contributed by atoms with Crippen LogP contribution in [0.5, 0.6) is 0 Å². The zero-order valence-electron chi connectivity index (χ0n) is 14.3. The third-order valence-corrected chi connectivity index (χ3v) is 4.93. The average Bonchev–Trinajstić information content (AvgIpc) is 2.99. The van der Waals surface area contributed by atoms with Crippen LogP contribution < -0.4 is 5.32 Å². The summed E-state index contributed by atoms with van der Waals surface area (Å²) in [6.45, 7) is 5.72. The van der Waals surface area contributed by atoms with E-state index in [2.05, 4.69) is 10.3 Å². The monoisotopic (exact) mass is 356 g/mol. The van der Waals surface area contributed by atoms with Crippen LogP contribution in [0.15, 0.2) is 0 Å². The van der Waals surface area contributed by atoms with Gasteiger partial charge in [0.1, 0.15) is 0 Å². The second kappa shape index (κ2) is 9.10. The first-order chi connectivity index (χ1) is 11.5. The Morgan fingerprint density at radius 1 is 1.38 bits per heavy atom. The van der Waals surface area contributed by atoms with Gasteiger partial charge >= 0.3 is 5.97 Å². The number of aromatic nitrogens is 1. The molecule has 7 nitrogen and oxygen atoms in total. The lowest BCUT2D eigenvalue weighted by molar-refractivity contribution is -0.118. The normalized spacial score (nSPS) is 15.5. The second-order valence-electron chi connectivity index (χ2n) is 5.86. The van der Waals surface area contributed by atoms with E-state index in [0.717, 1.165) is 17.7 Å². The van der Waals surface area contributed by atoms with E-state index in [4.69, 9.17) is 14.2 Å². The van der Waals surface area contributed by atoms with Gasteiger partial charge in [0.05, 0.1) is 26.2 Å². The Bertz CT molecular complexity index is 567. The van der Waals surface area contributed by atoms with Crippen molar-refractivity contribution in [2.75, 3.05) is 32.2 Å². The van der Waals surface area contributed by atoms with E-state index in [0.29, 0.717) is 25.0 Å². The molecular weight excluding hydrogens is 332 g/mol. The van der Waals surface area contributed by atoms with Gasteiger partial charge in [-0.25, -0.2) is 9.78 Å². The fourth-order valence-electron chi connectivity index (χ4n) is 2.36. The standard InChI is InChI=1S/C16H24N2O5S/c1-10(2)14-13(15(20)21-3)18-16(24-14)17-12(19)6-9-23-11-4-7-22-8-5-11/h10-11H,4-9H2,1-3H3,(H,17,18,19). The van der Waals surface area contributed by atoms with Crippen molar-refractivity contribution < 1.29 is 23.8 Å². The molecule has 1 aromatic heterocycles. The molecule has 0 aliphatic carbocycles. The molecule has 0 aromatic carbocycles. The minimum absolute atomic E-state index is 0.124. The van der Waals surface area contributed by atoms with Crippen molar-refractivity contribution in [1.82, 2.24) is 4.98 Å². The largest absolute Gasteiger partial charge is 0.464 e. The first-order valence-corrected chi connectivity index (χ1v) is 8.91. The van der Waals surface area contributed by atoms with Crippen molar-refractivity contribution >= 4 is 28.3 Å². The summed E-state index contributed by atoms with van der Waals surface area (Å²) in [6.07, 6.45) is 2.16. The third kappa shape index (κ3) is 5.25. The summed E-state index contributed by atoms with van der Waals surface area (Å²) in [5.74, 6) is -0.542. The number of nitrogens with one attached hydrogen (secondary N) is 1. The van der Waals surface area contributed by atoms with E-state index in [9.17, 15) is 9.59 Å². The minimum Gasteiger partial charge on any atom is -0.464 e. The smallest absolute Gasteiger partial charge is 0.357 e. The maximum absolute atomic E-state index is 12.0. The Labute approximate surface area is 145 Å². The van der Waals surface area contributed by atoms with Crippen molar-refractivity contribution in [1.29, 1.82) is 0 Å². The number of esters is 1. The summed E-state index contributed by atoms with van der Waals surface area (Å²) in [7, 11) is 1.32. The SMILES string of the molecule is COC(=O)c1nc(NC(=O)CCOC2CCOCC2)sc1C(C)C. The van der Waals surface area contributed by atoms with Gasteiger partial charge in [0, 0.05) is 18.1 Å². The highest BCUT2D eigenvalue weighted by Gasteiger charge is 2.22. The molecule has 0 spiro atoms. The van der Waals surface area contributed by atoms with Gasteiger partial charge in [-0.15, -0.1) is 11.3 Å². The topological polar surface area (TPSA) is 86.8 Å². The van der Waals surface area contributed by atoms with Crippen LogP contribution in [0.2, 0.25) is 0 Å². The van der Waals surface area contributed by atoms with Crippen LogP contribution >= 0.6 is 11.3 Å². The van der Waals surface area contributed by atoms with Gasteiger partial charge in [0.15, 0.2) is 10.8 Å².